The Morgan fingerprint density at radius 3 is 2.58 bits per heavy atom. The number of hydrogen-bond acceptors (Lipinski definition) is 5. The topological polar surface area (TPSA) is 101 Å². The van der Waals surface area contributed by atoms with Crippen LogP contribution in [0.1, 0.15) is 47.3 Å². The number of H-pyrrole nitrogens is 1. The van der Waals surface area contributed by atoms with E-state index in [0.717, 1.165) is 5.56 Å². The Kier molecular flexibility index (Phi) is 4.02. The summed E-state index contributed by atoms with van der Waals surface area (Å²) in [6, 6.07) is 7.03. The van der Waals surface area contributed by atoms with Crippen LogP contribution in [0, 0.1) is 6.92 Å². The maximum Gasteiger partial charge on any atom is 0.262 e. The molecule has 0 amide bonds. The maximum atomic E-state index is 12.2. The lowest BCUT2D eigenvalue weighted by Crippen LogP contribution is -2.13. The zero-order valence-electron chi connectivity index (χ0n) is 13.7. The van der Waals surface area contributed by atoms with Crippen molar-refractivity contribution < 1.29 is 9.90 Å². The maximum absolute atomic E-state index is 12.2. The van der Waals surface area contributed by atoms with E-state index in [1.165, 1.54) is 6.92 Å². The second-order valence-corrected chi connectivity index (χ2v) is 5.75. The van der Waals surface area contributed by atoms with Crippen molar-refractivity contribution in [1.82, 2.24) is 19.7 Å². The molecule has 0 bridgehead atoms. The van der Waals surface area contributed by atoms with Gasteiger partial charge in [0.15, 0.2) is 11.4 Å². The summed E-state index contributed by atoms with van der Waals surface area (Å²) in [7, 11) is 0. The number of aliphatic hydroxyl groups is 1. The minimum absolute atomic E-state index is 0.00475. The number of fused-ring (bicyclic) bond motifs is 1. The smallest absolute Gasteiger partial charge is 0.262 e. The number of Topliss-reactive ketones (excluding diaryl/α,β-unsaturated/α-hetero) is 1. The lowest BCUT2D eigenvalue weighted by Gasteiger charge is -2.14. The molecule has 1 aromatic carbocycles. The summed E-state index contributed by atoms with van der Waals surface area (Å²) in [5, 5.41) is 14.2. The summed E-state index contributed by atoms with van der Waals surface area (Å²) in [6.45, 7) is 4.80. The average molecular weight is 326 g/mol. The predicted octanol–water partition coefficient (Wildman–Crippen LogP) is 1.73. The highest BCUT2D eigenvalue weighted by Crippen LogP contribution is 2.23. The molecule has 3 rings (SSSR count). The first-order chi connectivity index (χ1) is 11.4. The molecule has 24 heavy (non-hydrogen) atoms. The Hall–Kier alpha value is -2.80. The number of carbonyl (C=O) groups excluding carboxylic acids is 1. The van der Waals surface area contributed by atoms with Gasteiger partial charge in [-0.25, -0.2) is 9.67 Å². The molecule has 3 aromatic rings. The predicted molar refractivity (Wildman–Crippen MR) is 89.1 cm³/mol. The van der Waals surface area contributed by atoms with Gasteiger partial charge in [0.1, 0.15) is 16.9 Å². The van der Waals surface area contributed by atoms with Gasteiger partial charge in [0.2, 0.25) is 0 Å². The number of aromatic nitrogens is 4. The van der Waals surface area contributed by atoms with E-state index in [2.05, 4.69) is 15.1 Å². The molecule has 2 aromatic heterocycles. The van der Waals surface area contributed by atoms with E-state index < -0.39 is 0 Å². The van der Waals surface area contributed by atoms with Crippen molar-refractivity contribution in [1.29, 1.82) is 0 Å². The van der Waals surface area contributed by atoms with E-state index in [4.69, 9.17) is 0 Å². The van der Waals surface area contributed by atoms with Gasteiger partial charge in [0.05, 0.1) is 12.6 Å². The molecule has 2 heterocycles. The van der Waals surface area contributed by atoms with Gasteiger partial charge in [-0.2, -0.15) is 5.10 Å². The zero-order valence-corrected chi connectivity index (χ0v) is 13.7. The van der Waals surface area contributed by atoms with Crippen LogP contribution >= 0.6 is 0 Å². The Morgan fingerprint density at radius 2 is 2.00 bits per heavy atom. The first-order valence-electron chi connectivity index (χ1n) is 7.62. The molecular weight excluding hydrogens is 308 g/mol. The molecule has 0 saturated heterocycles. The van der Waals surface area contributed by atoms with E-state index >= 15 is 0 Å². The fraction of sp³-hybridized carbons (Fsp3) is 0.294. The van der Waals surface area contributed by atoms with Gasteiger partial charge in [0, 0.05) is 5.56 Å². The van der Waals surface area contributed by atoms with Crippen molar-refractivity contribution in [3.05, 3.63) is 57.3 Å². The quantitative estimate of drug-likeness (QED) is 0.711. The second-order valence-electron chi connectivity index (χ2n) is 5.75. The van der Waals surface area contributed by atoms with Crippen molar-refractivity contribution in [2.24, 2.45) is 0 Å². The highest BCUT2D eigenvalue weighted by Gasteiger charge is 2.20. The summed E-state index contributed by atoms with van der Waals surface area (Å²) in [6.07, 6.45) is 0. The van der Waals surface area contributed by atoms with Crippen LogP contribution in [-0.2, 0) is 6.61 Å². The lowest BCUT2D eigenvalue weighted by molar-refractivity contribution is 0.101. The molecule has 7 heteroatoms. The van der Waals surface area contributed by atoms with Gasteiger partial charge in [-0.15, -0.1) is 0 Å². The molecule has 0 saturated carbocycles. The Balaban J connectivity index is 2.14. The number of aryl methyl sites for hydroxylation is 1. The minimum atomic E-state index is -0.340. The molecule has 0 unspecified atom stereocenters. The Bertz CT molecular complexity index is 970. The van der Waals surface area contributed by atoms with Gasteiger partial charge in [-0.05, 0) is 26.3 Å². The molecule has 0 aliphatic rings. The molecule has 7 nitrogen and oxygen atoms in total. The number of aromatic amines is 1. The fourth-order valence-corrected chi connectivity index (χ4v) is 2.74. The van der Waals surface area contributed by atoms with Crippen molar-refractivity contribution in [3.8, 4) is 0 Å². The van der Waals surface area contributed by atoms with E-state index in [1.807, 2.05) is 19.1 Å². The number of hydrogen-bond donors (Lipinski definition) is 2. The first kappa shape index (κ1) is 16.1. The average Bonchev–Trinajstić information content (AvgIpc) is 2.93. The number of nitrogens with one attached hydrogen (secondary N) is 1. The van der Waals surface area contributed by atoms with Gasteiger partial charge in [-0.1, -0.05) is 24.3 Å². The molecule has 0 radical (unpaired) electrons. The summed E-state index contributed by atoms with van der Waals surface area (Å²) < 4.78 is 1.63. The number of ketones is 1. The molecule has 2 N–H and O–H groups in total. The SMILES string of the molecule is CC(=O)c1ccc([C@H](C)n2nc(CO)c3c(=O)[nH]c(C)nc32)cc1. The summed E-state index contributed by atoms with van der Waals surface area (Å²) in [5.74, 6) is 0.488. The summed E-state index contributed by atoms with van der Waals surface area (Å²) >= 11 is 0. The minimum Gasteiger partial charge on any atom is -0.390 e. The van der Waals surface area contributed by atoms with Crippen LogP contribution < -0.4 is 5.56 Å². The summed E-state index contributed by atoms with van der Waals surface area (Å²) in [4.78, 5) is 30.6. The normalized spacial score (nSPS) is 12.5. The summed E-state index contributed by atoms with van der Waals surface area (Å²) in [5.41, 5.74) is 1.98. The van der Waals surface area contributed by atoms with Crippen LogP contribution in [0.15, 0.2) is 29.1 Å². The molecule has 0 fully saturated rings. The van der Waals surface area contributed by atoms with Gasteiger partial charge >= 0.3 is 0 Å². The van der Waals surface area contributed by atoms with E-state index in [9.17, 15) is 14.7 Å². The lowest BCUT2D eigenvalue weighted by atomic mass is 10.0. The van der Waals surface area contributed by atoms with Crippen molar-refractivity contribution in [2.45, 2.75) is 33.4 Å². The van der Waals surface area contributed by atoms with Crippen molar-refractivity contribution in [3.63, 3.8) is 0 Å². The number of aliphatic hydroxyl groups excluding tert-OH is 1. The highest BCUT2D eigenvalue weighted by atomic mass is 16.3. The van der Waals surface area contributed by atoms with Gasteiger partial charge in [0.25, 0.3) is 5.56 Å². The van der Waals surface area contributed by atoms with Crippen molar-refractivity contribution >= 4 is 16.8 Å². The van der Waals surface area contributed by atoms with Crippen LogP contribution in [-0.4, -0.2) is 30.6 Å². The zero-order chi connectivity index (χ0) is 17.4. The number of carbonyl (C=O) groups is 1. The van der Waals surface area contributed by atoms with E-state index in [0.29, 0.717) is 28.1 Å². The van der Waals surface area contributed by atoms with E-state index in [1.54, 1.807) is 23.7 Å². The molecule has 124 valence electrons. The van der Waals surface area contributed by atoms with E-state index in [-0.39, 0.29) is 24.0 Å². The van der Waals surface area contributed by atoms with Crippen LogP contribution in [0.2, 0.25) is 0 Å². The number of rotatable bonds is 4. The first-order valence-corrected chi connectivity index (χ1v) is 7.62. The standard InChI is InChI=1S/C17H18N4O3/c1-9(12-4-6-13(7-5-12)10(2)23)21-16-15(14(8-22)20-21)17(24)19-11(3)18-16/h4-7,9,22H,8H2,1-3H3,(H,18,19,24)/t9-/m0/s1. The molecule has 1 atom stereocenters. The molecule has 0 aliphatic heterocycles. The van der Waals surface area contributed by atoms with Crippen molar-refractivity contribution in [2.75, 3.05) is 0 Å². The third-order valence-corrected chi connectivity index (χ3v) is 4.07. The van der Waals surface area contributed by atoms with Crippen LogP contribution in [0.25, 0.3) is 11.0 Å². The molecule has 0 spiro atoms. The third kappa shape index (κ3) is 2.63. The largest absolute Gasteiger partial charge is 0.390 e. The van der Waals surface area contributed by atoms with Gasteiger partial charge < -0.3 is 10.1 Å². The third-order valence-electron chi connectivity index (χ3n) is 4.07. The monoisotopic (exact) mass is 326 g/mol. The number of benzene rings is 1. The number of nitrogens with zero attached hydrogens (tertiary/aromatic N) is 3. The van der Waals surface area contributed by atoms with Crippen LogP contribution in [0.3, 0.4) is 0 Å². The van der Waals surface area contributed by atoms with Gasteiger partial charge in [-0.3, -0.25) is 9.59 Å². The Labute approximate surface area is 138 Å². The van der Waals surface area contributed by atoms with Crippen LogP contribution in [0.4, 0.5) is 0 Å². The molecular formula is C17H18N4O3. The Morgan fingerprint density at radius 1 is 1.33 bits per heavy atom. The van der Waals surface area contributed by atoms with Crippen LogP contribution in [0.5, 0.6) is 0 Å². The second kappa shape index (κ2) is 6.01. The molecule has 0 aliphatic carbocycles. The highest BCUT2D eigenvalue weighted by molar-refractivity contribution is 5.94. The fourth-order valence-electron chi connectivity index (χ4n) is 2.74.